The third kappa shape index (κ3) is 3.44. The van der Waals surface area contributed by atoms with Crippen LogP contribution in [-0.4, -0.2) is 94.0 Å². The third-order valence-electron chi connectivity index (χ3n) is 5.99. The second-order valence-electron chi connectivity index (χ2n) is 8.82. The fourth-order valence-corrected chi connectivity index (χ4v) is 4.77. The van der Waals surface area contributed by atoms with Gasteiger partial charge in [0.05, 0.1) is 31.8 Å². The SMILES string of the molecule is C=CCN(C(=O)C1N(CCOCCO)C(=O)C2C(C(=O)O)C3C=CC21O3)C(C)(C)C. The highest BCUT2D eigenvalue weighted by Gasteiger charge is 2.73. The van der Waals surface area contributed by atoms with Crippen LogP contribution in [0, 0.1) is 11.8 Å². The van der Waals surface area contributed by atoms with Gasteiger partial charge in [-0.3, -0.25) is 14.4 Å². The first kappa shape index (κ1) is 22.5. The fourth-order valence-electron chi connectivity index (χ4n) is 4.77. The summed E-state index contributed by atoms with van der Waals surface area (Å²) in [5, 5.41) is 18.6. The van der Waals surface area contributed by atoms with Crippen LogP contribution in [0.5, 0.6) is 0 Å². The van der Waals surface area contributed by atoms with Gasteiger partial charge in [0.15, 0.2) is 0 Å². The lowest BCUT2D eigenvalue weighted by Gasteiger charge is -2.41. The van der Waals surface area contributed by atoms with Crippen molar-refractivity contribution in [2.24, 2.45) is 11.8 Å². The Balaban J connectivity index is 2.00. The maximum atomic E-state index is 13.8. The van der Waals surface area contributed by atoms with Crippen molar-refractivity contribution in [1.29, 1.82) is 0 Å². The van der Waals surface area contributed by atoms with Crippen molar-refractivity contribution in [2.75, 3.05) is 32.9 Å². The van der Waals surface area contributed by atoms with Crippen LogP contribution in [-0.2, 0) is 23.9 Å². The van der Waals surface area contributed by atoms with Crippen LogP contribution in [0.2, 0.25) is 0 Å². The maximum Gasteiger partial charge on any atom is 0.310 e. The fraction of sp³-hybridized carbons (Fsp3) is 0.667. The van der Waals surface area contributed by atoms with E-state index in [1.807, 2.05) is 20.8 Å². The van der Waals surface area contributed by atoms with Gasteiger partial charge in [-0.2, -0.15) is 0 Å². The van der Waals surface area contributed by atoms with Gasteiger partial charge in [-0.25, -0.2) is 0 Å². The smallest absolute Gasteiger partial charge is 0.310 e. The largest absolute Gasteiger partial charge is 0.481 e. The van der Waals surface area contributed by atoms with E-state index in [1.54, 1.807) is 23.1 Å². The van der Waals surface area contributed by atoms with E-state index in [1.165, 1.54) is 4.90 Å². The lowest BCUT2D eigenvalue weighted by Crippen LogP contribution is -2.59. The molecule has 2 saturated heterocycles. The Labute approximate surface area is 175 Å². The van der Waals surface area contributed by atoms with Gasteiger partial charge in [0.2, 0.25) is 11.8 Å². The molecule has 9 heteroatoms. The highest BCUT2D eigenvalue weighted by Crippen LogP contribution is 2.55. The molecule has 3 heterocycles. The number of ether oxygens (including phenoxy) is 2. The van der Waals surface area contributed by atoms with Crippen molar-refractivity contribution in [3.63, 3.8) is 0 Å². The van der Waals surface area contributed by atoms with Crippen molar-refractivity contribution >= 4 is 17.8 Å². The van der Waals surface area contributed by atoms with Crippen LogP contribution in [0.1, 0.15) is 20.8 Å². The van der Waals surface area contributed by atoms with E-state index in [9.17, 15) is 19.5 Å². The summed E-state index contributed by atoms with van der Waals surface area (Å²) in [6, 6.07) is -1.00. The molecule has 166 valence electrons. The topological polar surface area (TPSA) is 117 Å². The van der Waals surface area contributed by atoms with Crippen molar-refractivity contribution in [1.82, 2.24) is 9.80 Å². The monoisotopic (exact) mass is 422 g/mol. The van der Waals surface area contributed by atoms with Crippen LogP contribution >= 0.6 is 0 Å². The standard InChI is InChI=1S/C21H30N2O7/c1-5-8-23(20(2,3)4)18(26)16-21-7-6-13(30-21)14(19(27)28)15(21)17(25)22(16)9-11-29-12-10-24/h5-7,13-16,24H,1,8-12H2,2-4H3,(H,27,28). The van der Waals surface area contributed by atoms with Crippen LogP contribution in [0.4, 0.5) is 0 Å². The molecule has 0 aliphatic carbocycles. The van der Waals surface area contributed by atoms with E-state index >= 15 is 0 Å². The molecule has 2 amide bonds. The summed E-state index contributed by atoms with van der Waals surface area (Å²) in [6.07, 6.45) is 4.21. The van der Waals surface area contributed by atoms with Crippen molar-refractivity contribution in [3.05, 3.63) is 24.8 Å². The van der Waals surface area contributed by atoms with E-state index in [0.29, 0.717) is 0 Å². The first-order valence-corrected chi connectivity index (χ1v) is 10.1. The number of nitrogens with zero attached hydrogens (tertiary/aromatic N) is 2. The molecular formula is C21H30N2O7. The predicted molar refractivity (Wildman–Crippen MR) is 106 cm³/mol. The summed E-state index contributed by atoms with van der Waals surface area (Å²) in [6.45, 7) is 9.82. The van der Waals surface area contributed by atoms with E-state index in [0.717, 1.165) is 0 Å². The number of hydrogen-bond acceptors (Lipinski definition) is 6. The zero-order valence-corrected chi connectivity index (χ0v) is 17.6. The van der Waals surface area contributed by atoms with Crippen molar-refractivity contribution in [3.8, 4) is 0 Å². The Morgan fingerprint density at radius 2 is 2.10 bits per heavy atom. The van der Waals surface area contributed by atoms with Crippen LogP contribution in [0.3, 0.4) is 0 Å². The third-order valence-corrected chi connectivity index (χ3v) is 5.99. The molecule has 9 nitrogen and oxygen atoms in total. The number of carbonyl (C=O) groups excluding carboxylic acids is 2. The van der Waals surface area contributed by atoms with Crippen molar-refractivity contribution < 1.29 is 34.1 Å². The van der Waals surface area contributed by atoms with E-state index < -0.39 is 47.0 Å². The lowest BCUT2D eigenvalue weighted by atomic mass is 9.74. The van der Waals surface area contributed by atoms with Crippen LogP contribution in [0.15, 0.2) is 24.8 Å². The summed E-state index contributed by atoms with van der Waals surface area (Å²) >= 11 is 0. The summed E-state index contributed by atoms with van der Waals surface area (Å²) in [7, 11) is 0. The second-order valence-corrected chi connectivity index (χ2v) is 8.82. The van der Waals surface area contributed by atoms with Gasteiger partial charge in [0.1, 0.15) is 17.6 Å². The minimum absolute atomic E-state index is 0.0910. The average molecular weight is 422 g/mol. The Kier molecular flexibility index (Phi) is 6.08. The first-order valence-electron chi connectivity index (χ1n) is 10.1. The summed E-state index contributed by atoms with van der Waals surface area (Å²) < 4.78 is 11.4. The summed E-state index contributed by atoms with van der Waals surface area (Å²) in [5.41, 5.74) is -1.86. The van der Waals surface area contributed by atoms with Gasteiger partial charge in [-0.1, -0.05) is 18.2 Å². The molecule has 2 N–H and O–H groups in total. The molecule has 3 aliphatic rings. The van der Waals surface area contributed by atoms with Crippen molar-refractivity contribution in [2.45, 2.75) is 44.1 Å². The molecule has 30 heavy (non-hydrogen) atoms. The Morgan fingerprint density at radius 1 is 1.40 bits per heavy atom. The molecule has 2 bridgehead atoms. The summed E-state index contributed by atoms with van der Waals surface area (Å²) in [5.74, 6) is -3.87. The Morgan fingerprint density at radius 3 is 2.67 bits per heavy atom. The first-order chi connectivity index (χ1) is 14.1. The number of aliphatic hydroxyl groups is 1. The zero-order valence-electron chi connectivity index (χ0n) is 17.6. The minimum atomic E-state index is -1.32. The molecule has 0 aromatic heterocycles. The number of likely N-dealkylation sites (tertiary alicyclic amines) is 1. The van der Waals surface area contributed by atoms with E-state index in [4.69, 9.17) is 14.6 Å². The predicted octanol–water partition coefficient (Wildman–Crippen LogP) is 0.0436. The van der Waals surface area contributed by atoms with E-state index in [-0.39, 0.29) is 38.8 Å². The Hall–Kier alpha value is -2.23. The molecule has 2 fully saturated rings. The minimum Gasteiger partial charge on any atom is -0.481 e. The highest BCUT2D eigenvalue weighted by atomic mass is 16.5. The van der Waals surface area contributed by atoms with Gasteiger partial charge in [0, 0.05) is 18.6 Å². The normalized spacial score (nSPS) is 31.9. The molecular weight excluding hydrogens is 392 g/mol. The zero-order chi connectivity index (χ0) is 22.3. The number of carboxylic acids is 1. The molecule has 0 radical (unpaired) electrons. The van der Waals surface area contributed by atoms with Crippen LogP contribution < -0.4 is 0 Å². The molecule has 3 rings (SSSR count). The molecule has 1 spiro atoms. The Bertz CT molecular complexity index is 759. The highest BCUT2D eigenvalue weighted by molar-refractivity contribution is 5.99. The molecule has 5 atom stereocenters. The quantitative estimate of drug-likeness (QED) is 0.398. The van der Waals surface area contributed by atoms with Gasteiger partial charge in [0.25, 0.3) is 0 Å². The van der Waals surface area contributed by atoms with Gasteiger partial charge in [-0.15, -0.1) is 6.58 Å². The number of carbonyl (C=O) groups is 3. The molecule has 0 aromatic rings. The molecule has 0 aromatic carbocycles. The maximum absolute atomic E-state index is 13.8. The van der Waals surface area contributed by atoms with Gasteiger partial charge < -0.3 is 29.5 Å². The number of rotatable bonds is 9. The van der Waals surface area contributed by atoms with E-state index in [2.05, 4.69) is 6.58 Å². The lowest BCUT2D eigenvalue weighted by molar-refractivity contribution is -0.152. The van der Waals surface area contributed by atoms with Gasteiger partial charge >= 0.3 is 5.97 Å². The van der Waals surface area contributed by atoms with Gasteiger partial charge in [-0.05, 0) is 20.8 Å². The summed E-state index contributed by atoms with van der Waals surface area (Å²) in [4.78, 5) is 42.0. The number of fused-ring (bicyclic) bond motifs is 1. The number of hydrogen-bond donors (Lipinski definition) is 2. The molecule has 0 saturated carbocycles. The van der Waals surface area contributed by atoms with Crippen LogP contribution in [0.25, 0.3) is 0 Å². The number of amides is 2. The molecule has 5 unspecified atom stereocenters. The number of aliphatic hydroxyl groups excluding tert-OH is 1. The molecule has 3 aliphatic heterocycles. The second kappa shape index (κ2) is 8.13. The number of aliphatic carboxylic acids is 1. The average Bonchev–Trinajstić information content (AvgIpc) is 3.29. The number of carboxylic acid groups (broad SMARTS) is 1.